The third-order valence-corrected chi connectivity index (χ3v) is 14.8. The third kappa shape index (κ3) is 7.28. The van der Waals surface area contributed by atoms with Gasteiger partial charge in [0.05, 0.1) is 16.7 Å². The van der Waals surface area contributed by atoms with E-state index in [2.05, 4.69) is 276 Å². The first-order valence-electron chi connectivity index (χ1n) is 23.6. The van der Waals surface area contributed by atoms with E-state index in [-0.39, 0.29) is 0 Å². The largest absolute Gasteiger partial charge is 0.310 e. The molecule has 0 radical (unpaired) electrons. The second kappa shape index (κ2) is 17.2. The van der Waals surface area contributed by atoms with Crippen LogP contribution >= 0.6 is 11.3 Å². The van der Waals surface area contributed by atoms with Gasteiger partial charge in [0, 0.05) is 53.6 Å². The van der Waals surface area contributed by atoms with Gasteiger partial charge in [0.2, 0.25) is 0 Å². The lowest BCUT2D eigenvalue weighted by molar-refractivity contribution is 1.18. The number of nitrogens with zero attached hydrogens (tertiary/aromatic N) is 2. The molecule has 2 nitrogen and oxygen atoms in total. The van der Waals surface area contributed by atoms with Crippen LogP contribution in [0.25, 0.3) is 103 Å². The maximum Gasteiger partial charge on any atom is 0.0547 e. The first kappa shape index (κ1) is 40.5. The summed E-state index contributed by atoms with van der Waals surface area (Å²) < 4.78 is 5.04. The van der Waals surface area contributed by atoms with E-state index in [1.54, 1.807) is 0 Å². The Bertz CT molecular complexity index is 3980. The van der Waals surface area contributed by atoms with Crippen LogP contribution in [0.5, 0.6) is 0 Å². The predicted molar refractivity (Wildman–Crippen MR) is 296 cm³/mol. The van der Waals surface area contributed by atoms with Crippen molar-refractivity contribution in [2.45, 2.75) is 0 Å². The number of hydrogen-bond donors (Lipinski definition) is 0. The molecule has 0 bridgehead atoms. The molecule has 0 aliphatic rings. The lowest BCUT2D eigenvalue weighted by atomic mass is 9.95. The maximum absolute atomic E-state index is 2.42. The summed E-state index contributed by atoms with van der Waals surface area (Å²) in [6, 6.07) is 97.3. The Morgan fingerprint density at radius 3 is 1.54 bits per heavy atom. The van der Waals surface area contributed by atoms with Gasteiger partial charge in [0.15, 0.2) is 0 Å². The molecule has 0 spiro atoms. The molecule has 2 heterocycles. The SMILES string of the molecule is c1ccc(-c2ccc(N(c3ccc(-c4cccc(-c5cccc6c5sc5ccccc56)c4)cc3)c3ccc(-c4ccc5c6ccccc6n(-c6ccccc6)c5c4)cc3)c(-c3ccccc3)c2)cc1. The summed E-state index contributed by atoms with van der Waals surface area (Å²) in [7, 11) is 0. The average Bonchev–Trinajstić information content (AvgIpc) is 3.98. The standard InChI is InChI=1S/C66H44N2S/c1-4-16-45(17-5-1)50-35-41-63(61(43-50)48-18-6-2-7-19-48)67(54-36-30-46(31-37-54)49-20-14-21-52(42-49)56-26-15-27-60-59-25-11-13-29-65(59)69-66(56)60)55-38-32-47(33-39-55)51-34-40-58-57-24-10-12-28-62(57)68(64(58)44-51)53-22-8-3-9-23-53/h1-44H. The molecule has 0 atom stereocenters. The number of para-hydroxylation sites is 2. The summed E-state index contributed by atoms with van der Waals surface area (Å²) in [6.07, 6.45) is 0. The Kier molecular flexibility index (Phi) is 10.1. The number of benzene rings is 11. The number of fused-ring (bicyclic) bond motifs is 6. The van der Waals surface area contributed by atoms with Gasteiger partial charge in [-0.2, -0.15) is 0 Å². The summed E-state index contributed by atoms with van der Waals surface area (Å²) in [4.78, 5) is 2.42. The second-order valence-electron chi connectivity index (χ2n) is 17.7. The molecule has 0 aliphatic heterocycles. The molecule has 0 saturated heterocycles. The predicted octanol–water partition coefficient (Wildman–Crippen LogP) is 19.0. The number of rotatable bonds is 9. The molecular formula is C66H44N2S. The van der Waals surface area contributed by atoms with Gasteiger partial charge in [-0.05, 0) is 123 Å². The van der Waals surface area contributed by atoms with Crippen LogP contribution in [-0.2, 0) is 0 Å². The van der Waals surface area contributed by atoms with Gasteiger partial charge in [0.1, 0.15) is 0 Å². The Morgan fingerprint density at radius 1 is 0.290 bits per heavy atom. The zero-order valence-corrected chi connectivity index (χ0v) is 38.5. The van der Waals surface area contributed by atoms with Crippen molar-refractivity contribution in [2.24, 2.45) is 0 Å². The van der Waals surface area contributed by atoms with Gasteiger partial charge in [-0.15, -0.1) is 11.3 Å². The number of anilines is 3. The van der Waals surface area contributed by atoms with Crippen LogP contribution in [0.2, 0.25) is 0 Å². The molecular weight excluding hydrogens is 853 g/mol. The van der Waals surface area contributed by atoms with Gasteiger partial charge in [-0.1, -0.05) is 194 Å². The van der Waals surface area contributed by atoms with Crippen molar-refractivity contribution in [3.8, 4) is 61.3 Å². The van der Waals surface area contributed by atoms with Crippen LogP contribution in [0.15, 0.2) is 267 Å². The zero-order valence-electron chi connectivity index (χ0n) is 37.7. The monoisotopic (exact) mass is 896 g/mol. The first-order valence-corrected chi connectivity index (χ1v) is 24.4. The van der Waals surface area contributed by atoms with Gasteiger partial charge < -0.3 is 9.47 Å². The van der Waals surface area contributed by atoms with Gasteiger partial charge in [0.25, 0.3) is 0 Å². The van der Waals surface area contributed by atoms with Gasteiger partial charge >= 0.3 is 0 Å². The highest BCUT2D eigenvalue weighted by Crippen LogP contribution is 2.45. The van der Waals surface area contributed by atoms with Gasteiger partial charge in [-0.3, -0.25) is 0 Å². The average molecular weight is 897 g/mol. The minimum atomic E-state index is 1.08. The summed E-state index contributed by atoms with van der Waals surface area (Å²) in [6.45, 7) is 0. The third-order valence-electron chi connectivity index (χ3n) is 13.6. The summed E-state index contributed by atoms with van der Waals surface area (Å²) in [5.41, 5.74) is 18.7. The van der Waals surface area contributed by atoms with E-state index < -0.39 is 0 Å². The molecule has 11 aromatic carbocycles. The van der Waals surface area contributed by atoms with E-state index in [1.807, 2.05) is 11.3 Å². The highest BCUT2D eigenvalue weighted by Gasteiger charge is 2.20. The van der Waals surface area contributed by atoms with Crippen LogP contribution in [0.3, 0.4) is 0 Å². The lowest BCUT2D eigenvalue weighted by Crippen LogP contribution is -2.11. The minimum absolute atomic E-state index is 1.08. The van der Waals surface area contributed by atoms with E-state index in [0.29, 0.717) is 0 Å². The van der Waals surface area contributed by atoms with Crippen molar-refractivity contribution < 1.29 is 0 Å². The number of thiophene rings is 1. The smallest absolute Gasteiger partial charge is 0.0547 e. The van der Waals surface area contributed by atoms with Crippen LogP contribution in [-0.4, -0.2) is 4.57 Å². The molecule has 0 fully saturated rings. The van der Waals surface area contributed by atoms with Crippen molar-refractivity contribution in [3.05, 3.63) is 267 Å². The van der Waals surface area contributed by atoms with E-state index in [4.69, 9.17) is 0 Å². The molecule has 69 heavy (non-hydrogen) atoms. The molecule has 0 N–H and O–H groups in total. The van der Waals surface area contributed by atoms with E-state index in [0.717, 1.165) is 39.4 Å². The van der Waals surface area contributed by atoms with Crippen molar-refractivity contribution in [2.75, 3.05) is 4.90 Å². The normalized spacial score (nSPS) is 11.5. The molecule has 2 aromatic heterocycles. The Labute approximate surface area is 405 Å². The molecule has 13 rings (SSSR count). The molecule has 3 heteroatoms. The first-order chi connectivity index (χ1) is 34.2. The van der Waals surface area contributed by atoms with Crippen LogP contribution in [0.1, 0.15) is 0 Å². The molecule has 13 aromatic rings. The Balaban J connectivity index is 0.920. The van der Waals surface area contributed by atoms with E-state index >= 15 is 0 Å². The molecule has 0 amide bonds. The fraction of sp³-hybridized carbons (Fsp3) is 0. The second-order valence-corrected chi connectivity index (χ2v) is 18.7. The van der Waals surface area contributed by atoms with Crippen molar-refractivity contribution in [3.63, 3.8) is 0 Å². The van der Waals surface area contributed by atoms with Crippen LogP contribution in [0.4, 0.5) is 17.1 Å². The molecule has 324 valence electrons. The van der Waals surface area contributed by atoms with Crippen molar-refractivity contribution >= 4 is 70.4 Å². The van der Waals surface area contributed by atoms with Crippen molar-refractivity contribution in [1.29, 1.82) is 0 Å². The van der Waals surface area contributed by atoms with Gasteiger partial charge in [-0.25, -0.2) is 0 Å². The summed E-state index contributed by atoms with van der Waals surface area (Å²) in [5, 5.41) is 5.14. The Morgan fingerprint density at radius 2 is 0.797 bits per heavy atom. The maximum atomic E-state index is 2.42. The topological polar surface area (TPSA) is 8.17 Å². The quantitative estimate of drug-likeness (QED) is 0.140. The highest BCUT2D eigenvalue weighted by molar-refractivity contribution is 7.26. The fourth-order valence-corrected chi connectivity index (χ4v) is 11.5. The Hall–Kier alpha value is -8.76. The zero-order chi connectivity index (χ0) is 45.7. The van der Waals surface area contributed by atoms with Crippen molar-refractivity contribution in [1.82, 2.24) is 4.57 Å². The summed E-state index contributed by atoms with van der Waals surface area (Å²) >= 11 is 1.88. The molecule has 0 unspecified atom stereocenters. The lowest BCUT2D eigenvalue weighted by Gasteiger charge is -2.29. The number of hydrogen-bond acceptors (Lipinski definition) is 2. The van der Waals surface area contributed by atoms with Crippen LogP contribution < -0.4 is 4.90 Å². The number of aromatic nitrogens is 1. The molecule has 0 aliphatic carbocycles. The minimum Gasteiger partial charge on any atom is -0.310 e. The summed E-state index contributed by atoms with van der Waals surface area (Å²) in [5.74, 6) is 0. The van der Waals surface area contributed by atoms with E-state index in [1.165, 1.54) is 80.9 Å². The molecule has 0 saturated carbocycles. The fourth-order valence-electron chi connectivity index (χ4n) is 10.3. The van der Waals surface area contributed by atoms with E-state index in [9.17, 15) is 0 Å². The van der Waals surface area contributed by atoms with Crippen LogP contribution in [0, 0.1) is 0 Å². The highest BCUT2D eigenvalue weighted by atomic mass is 32.1.